The zero-order chi connectivity index (χ0) is 21.3. The van der Waals surface area contributed by atoms with E-state index < -0.39 is 29.9 Å². The Morgan fingerprint density at radius 2 is 1.77 bits per heavy atom. The van der Waals surface area contributed by atoms with Gasteiger partial charge < -0.3 is 10.6 Å². The molecule has 0 radical (unpaired) electrons. The highest BCUT2D eigenvalue weighted by Crippen LogP contribution is 2.31. The number of imide groups is 1. The molecule has 1 aliphatic heterocycles. The van der Waals surface area contributed by atoms with Crippen LogP contribution in [0.2, 0.25) is 0 Å². The number of para-hydroxylation sites is 1. The molecule has 1 atom stereocenters. The molecule has 0 saturated carbocycles. The van der Waals surface area contributed by atoms with Crippen molar-refractivity contribution in [2.75, 3.05) is 11.9 Å². The number of rotatable bonds is 4. The van der Waals surface area contributed by atoms with Crippen LogP contribution in [-0.2, 0) is 15.1 Å². The predicted octanol–water partition coefficient (Wildman–Crippen LogP) is 3.12. The number of carbonyl (C=O) groups is 3. The molecule has 7 nitrogen and oxygen atoms in total. The maximum Gasteiger partial charge on any atom is 0.325 e. The lowest BCUT2D eigenvalue weighted by Gasteiger charge is -2.22. The molecule has 1 fully saturated rings. The molecule has 4 amide bonds. The molecule has 1 unspecified atom stereocenters. The molecule has 3 aromatic carbocycles. The second-order valence-corrected chi connectivity index (χ2v) is 7.21. The monoisotopic (exact) mass is 398 g/mol. The Hall–Kier alpha value is -4.18. The van der Waals surface area contributed by atoms with Crippen molar-refractivity contribution in [3.8, 4) is 6.07 Å². The van der Waals surface area contributed by atoms with E-state index in [-0.39, 0.29) is 0 Å². The smallest absolute Gasteiger partial charge is 0.323 e. The van der Waals surface area contributed by atoms with Crippen LogP contribution in [-0.4, -0.2) is 29.3 Å². The van der Waals surface area contributed by atoms with E-state index >= 15 is 0 Å². The Balaban J connectivity index is 1.56. The van der Waals surface area contributed by atoms with Crippen molar-refractivity contribution in [3.63, 3.8) is 0 Å². The van der Waals surface area contributed by atoms with Gasteiger partial charge in [0.1, 0.15) is 18.2 Å². The van der Waals surface area contributed by atoms with E-state index in [0.29, 0.717) is 16.8 Å². The summed E-state index contributed by atoms with van der Waals surface area (Å²) < 4.78 is 0. The third kappa shape index (κ3) is 3.25. The lowest BCUT2D eigenvalue weighted by Crippen LogP contribution is -2.42. The summed E-state index contributed by atoms with van der Waals surface area (Å²) in [6.07, 6.45) is 0. The van der Waals surface area contributed by atoms with Gasteiger partial charge in [-0.2, -0.15) is 5.26 Å². The second-order valence-electron chi connectivity index (χ2n) is 7.21. The second kappa shape index (κ2) is 7.33. The number of nitrogens with one attached hydrogen (secondary N) is 2. The molecule has 2 N–H and O–H groups in total. The van der Waals surface area contributed by atoms with Gasteiger partial charge >= 0.3 is 6.03 Å². The molecule has 0 aliphatic carbocycles. The molecule has 4 rings (SSSR count). The Kier molecular flexibility index (Phi) is 4.68. The Morgan fingerprint density at radius 3 is 2.53 bits per heavy atom. The molecular weight excluding hydrogens is 380 g/mol. The summed E-state index contributed by atoms with van der Waals surface area (Å²) in [7, 11) is 0. The average molecular weight is 398 g/mol. The van der Waals surface area contributed by atoms with Crippen LogP contribution < -0.4 is 10.6 Å². The number of nitriles is 1. The van der Waals surface area contributed by atoms with Gasteiger partial charge in [-0.25, -0.2) is 4.79 Å². The van der Waals surface area contributed by atoms with E-state index in [0.717, 1.165) is 15.7 Å². The molecule has 1 heterocycles. The fourth-order valence-electron chi connectivity index (χ4n) is 3.56. The molecule has 1 aliphatic rings. The summed E-state index contributed by atoms with van der Waals surface area (Å²) in [6, 6.07) is 21.1. The van der Waals surface area contributed by atoms with Crippen molar-refractivity contribution in [1.82, 2.24) is 10.2 Å². The normalized spacial score (nSPS) is 18.2. The molecule has 0 spiro atoms. The predicted molar refractivity (Wildman–Crippen MR) is 111 cm³/mol. The van der Waals surface area contributed by atoms with Crippen molar-refractivity contribution < 1.29 is 14.4 Å². The number of carbonyl (C=O) groups excluding carboxylic acids is 3. The Bertz CT molecular complexity index is 1230. The van der Waals surface area contributed by atoms with Gasteiger partial charge in [-0.1, -0.05) is 48.5 Å². The lowest BCUT2D eigenvalue weighted by atomic mass is 9.90. The topological polar surface area (TPSA) is 102 Å². The van der Waals surface area contributed by atoms with Crippen molar-refractivity contribution in [3.05, 3.63) is 77.9 Å². The third-order valence-corrected chi connectivity index (χ3v) is 5.23. The summed E-state index contributed by atoms with van der Waals surface area (Å²) in [5, 5.41) is 16.4. The molecule has 1 saturated heterocycles. The minimum Gasteiger partial charge on any atom is -0.323 e. The first-order valence-corrected chi connectivity index (χ1v) is 9.35. The summed E-state index contributed by atoms with van der Waals surface area (Å²) in [4.78, 5) is 38.9. The van der Waals surface area contributed by atoms with E-state index in [1.807, 2.05) is 42.5 Å². The highest BCUT2D eigenvalue weighted by molar-refractivity contribution is 6.10. The maximum absolute atomic E-state index is 13.1. The number of anilines is 1. The maximum atomic E-state index is 13.1. The van der Waals surface area contributed by atoms with Crippen molar-refractivity contribution in [2.24, 2.45) is 0 Å². The van der Waals surface area contributed by atoms with Crippen LogP contribution in [0.25, 0.3) is 10.8 Å². The number of benzene rings is 3. The molecule has 30 heavy (non-hydrogen) atoms. The minimum absolute atomic E-state index is 0.295. The number of fused-ring (bicyclic) bond motifs is 1. The van der Waals surface area contributed by atoms with E-state index in [1.54, 1.807) is 37.3 Å². The lowest BCUT2D eigenvalue weighted by molar-refractivity contribution is -0.133. The van der Waals surface area contributed by atoms with Crippen LogP contribution >= 0.6 is 0 Å². The number of nitrogens with zero attached hydrogens (tertiary/aromatic N) is 2. The molecule has 3 aromatic rings. The van der Waals surface area contributed by atoms with Crippen molar-refractivity contribution in [1.29, 1.82) is 5.26 Å². The highest BCUT2D eigenvalue weighted by Gasteiger charge is 2.49. The van der Waals surface area contributed by atoms with Crippen LogP contribution in [0.1, 0.15) is 18.1 Å². The fraction of sp³-hybridized carbons (Fsp3) is 0.130. The summed E-state index contributed by atoms with van der Waals surface area (Å²) >= 11 is 0. The van der Waals surface area contributed by atoms with Crippen molar-refractivity contribution >= 4 is 34.3 Å². The van der Waals surface area contributed by atoms with E-state index in [4.69, 9.17) is 5.26 Å². The number of hydrogen-bond donors (Lipinski definition) is 2. The molecule has 0 aromatic heterocycles. The zero-order valence-electron chi connectivity index (χ0n) is 16.2. The first-order valence-electron chi connectivity index (χ1n) is 9.35. The largest absolute Gasteiger partial charge is 0.325 e. The number of amides is 4. The quantitative estimate of drug-likeness (QED) is 0.659. The number of hydrogen-bond acceptors (Lipinski definition) is 4. The van der Waals surface area contributed by atoms with E-state index in [2.05, 4.69) is 10.6 Å². The van der Waals surface area contributed by atoms with Crippen molar-refractivity contribution in [2.45, 2.75) is 12.5 Å². The highest BCUT2D eigenvalue weighted by atomic mass is 16.2. The van der Waals surface area contributed by atoms with Gasteiger partial charge in [0.15, 0.2) is 0 Å². The van der Waals surface area contributed by atoms with Gasteiger partial charge in [-0.3, -0.25) is 14.5 Å². The van der Waals surface area contributed by atoms with Crippen LogP contribution in [0.4, 0.5) is 10.5 Å². The molecule has 0 bridgehead atoms. The van der Waals surface area contributed by atoms with Gasteiger partial charge in [0.25, 0.3) is 5.91 Å². The Labute approximate surface area is 172 Å². The first kappa shape index (κ1) is 19.2. The zero-order valence-corrected chi connectivity index (χ0v) is 16.2. The van der Waals surface area contributed by atoms with Crippen LogP contribution in [0.15, 0.2) is 66.7 Å². The molecule has 148 valence electrons. The molecule has 7 heteroatoms. The van der Waals surface area contributed by atoms with Crippen LogP contribution in [0, 0.1) is 11.3 Å². The van der Waals surface area contributed by atoms with E-state index in [1.165, 1.54) is 0 Å². The van der Waals surface area contributed by atoms with Gasteiger partial charge in [-0.15, -0.1) is 0 Å². The standard InChI is InChI=1S/C23H18N4O3/c1-23(18-11-10-15-6-2-3-7-16(15)12-18)21(29)27(22(30)26-23)14-20(28)25-19-9-5-4-8-17(19)13-24/h2-12H,14H2,1H3,(H,25,28)(H,26,30). The summed E-state index contributed by atoms with van der Waals surface area (Å²) in [6.45, 7) is 1.17. The van der Waals surface area contributed by atoms with Gasteiger partial charge in [0, 0.05) is 0 Å². The van der Waals surface area contributed by atoms with Gasteiger partial charge in [0.2, 0.25) is 5.91 Å². The Morgan fingerprint density at radius 1 is 1.07 bits per heavy atom. The van der Waals surface area contributed by atoms with E-state index in [9.17, 15) is 14.4 Å². The van der Waals surface area contributed by atoms with Gasteiger partial charge in [0.05, 0.1) is 11.3 Å². The molecular formula is C23H18N4O3. The average Bonchev–Trinajstić information content (AvgIpc) is 2.97. The van der Waals surface area contributed by atoms with Crippen LogP contribution in [0.3, 0.4) is 0 Å². The fourth-order valence-corrected chi connectivity index (χ4v) is 3.56. The first-order chi connectivity index (χ1) is 14.4. The minimum atomic E-state index is -1.27. The van der Waals surface area contributed by atoms with Gasteiger partial charge in [-0.05, 0) is 41.5 Å². The third-order valence-electron chi connectivity index (χ3n) is 5.23. The number of urea groups is 1. The summed E-state index contributed by atoms with van der Waals surface area (Å²) in [5.74, 6) is -1.07. The SMILES string of the molecule is CC1(c2ccc3ccccc3c2)NC(=O)N(CC(=O)Nc2ccccc2C#N)C1=O. The van der Waals surface area contributed by atoms with Crippen LogP contribution in [0.5, 0.6) is 0 Å². The summed E-state index contributed by atoms with van der Waals surface area (Å²) in [5.41, 5.74) is -0.0120.